The topological polar surface area (TPSA) is 33.7 Å². The van der Waals surface area contributed by atoms with Gasteiger partial charge in [0, 0.05) is 26.2 Å². The van der Waals surface area contributed by atoms with Crippen molar-refractivity contribution in [1.82, 2.24) is 10.2 Å². The van der Waals surface area contributed by atoms with Gasteiger partial charge in [0.15, 0.2) is 0 Å². The van der Waals surface area contributed by atoms with Crippen LogP contribution in [-0.2, 0) is 9.47 Å². The van der Waals surface area contributed by atoms with Gasteiger partial charge in [-0.25, -0.2) is 0 Å². The predicted molar refractivity (Wildman–Crippen MR) is 63.7 cm³/mol. The Labute approximate surface area is 98.3 Å². The van der Waals surface area contributed by atoms with Crippen molar-refractivity contribution in [3.63, 3.8) is 0 Å². The fraction of sp³-hybridized carbons (Fsp3) is 1.00. The molecular formula is C12H24N2O2. The minimum atomic E-state index is 0.735. The largest absolute Gasteiger partial charge is 0.380 e. The van der Waals surface area contributed by atoms with Gasteiger partial charge in [-0.05, 0) is 25.3 Å². The van der Waals surface area contributed by atoms with E-state index < -0.39 is 0 Å². The summed E-state index contributed by atoms with van der Waals surface area (Å²) in [5.74, 6) is 0.735. The summed E-state index contributed by atoms with van der Waals surface area (Å²) >= 11 is 0. The van der Waals surface area contributed by atoms with E-state index in [2.05, 4.69) is 10.2 Å². The van der Waals surface area contributed by atoms with Crippen LogP contribution in [-0.4, -0.2) is 64.1 Å². The summed E-state index contributed by atoms with van der Waals surface area (Å²) in [5.41, 5.74) is 0. The fourth-order valence-corrected chi connectivity index (χ4v) is 2.33. The maximum Gasteiger partial charge on any atom is 0.0594 e. The molecule has 1 atom stereocenters. The Morgan fingerprint density at radius 1 is 1.31 bits per heavy atom. The van der Waals surface area contributed by atoms with Crippen LogP contribution in [0.1, 0.15) is 12.8 Å². The van der Waals surface area contributed by atoms with Crippen LogP contribution in [0.5, 0.6) is 0 Å². The fourth-order valence-electron chi connectivity index (χ4n) is 2.33. The first-order chi connectivity index (χ1) is 7.95. The zero-order chi connectivity index (χ0) is 11.1. The Bertz CT molecular complexity index is 158. The van der Waals surface area contributed by atoms with Gasteiger partial charge in [-0.1, -0.05) is 0 Å². The summed E-state index contributed by atoms with van der Waals surface area (Å²) in [5, 5.41) is 3.42. The lowest BCUT2D eigenvalue weighted by molar-refractivity contribution is 0.0145. The number of hydrogen-bond donors (Lipinski definition) is 1. The van der Waals surface area contributed by atoms with Gasteiger partial charge < -0.3 is 14.8 Å². The lowest BCUT2D eigenvalue weighted by atomic mass is 10.0. The number of nitrogens with zero attached hydrogens (tertiary/aromatic N) is 1. The summed E-state index contributed by atoms with van der Waals surface area (Å²) in [6.07, 6.45) is 2.63. The monoisotopic (exact) mass is 228 g/mol. The molecule has 4 heteroatoms. The third-order valence-electron chi connectivity index (χ3n) is 3.41. The van der Waals surface area contributed by atoms with Crippen LogP contribution in [0.25, 0.3) is 0 Å². The summed E-state index contributed by atoms with van der Waals surface area (Å²) in [6, 6.07) is 0. The number of ether oxygens (including phenoxy) is 2. The molecule has 0 aromatic heterocycles. The Hall–Kier alpha value is -0.160. The van der Waals surface area contributed by atoms with Crippen molar-refractivity contribution in [3.05, 3.63) is 0 Å². The number of nitrogens with one attached hydrogen (secondary N) is 1. The molecule has 4 nitrogen and oxygen atoms in total. The molecule has 2 rings (SSSR count). The molecule has 2 fully saturated rings. The van der Waals surface area contributed by atoms with Crippen LogP contribution < -0.4 is 5.32 Å². The van der Waals surface area contributed by atoms with Crippen LogP contribution >= 0.6 is 0 Å². The first kappa shape index (κ1) is 12.3. The van der Waals surface area contributed by atoms with Crippen molar-refractivity contribution in [3.8, 4) is 0 Å². The van der Waals surface area contributed by atoms with Crippen LogP contribution in [0.15, 0.2) is 0 Å². The number of piperidine rings is 1. The molecule has 2 saturated heterocycles. The minimum absolute atomic E-state index is 0.735. The summed E-state index contributed by atoms with van der Waals surface area (Å²) < 4.78 is 11.1. The molecule has 0 aliphatic carbocycles. The minimum Gasteiger partial charge on any atom is -0.380 e. The summed E-state index contributed by atoms with van der Waals surface area (Å²) in [6.45, 7) is 9.07. The molecule has 0 aromatic carbocycles. The lowest BCUT2D eigenvalue weighted by Gasteiger charge is -2.27. The molecule has 2 aliphatic rings. The zero-order valence-electron chi connectivity index (χ0n) is 10.1. The molecule has 1 N–H and O–H groups in total. The standard InChI is InChI=1S/C12H24N2O2/c1-2-12(10-13-3-1)11-16-9-6-14-4-7-15-8-5-14/h12-13H,1-11H2. The van der Waals surface area contributed by atoms with Crippen molar-refractivity contribution in [2.24, 2.45) is 5.92 Å². The average Bonchev–Trinajstić information content (AvgIpc) is 2.37. The van der Waals surface area contributed by atoms with E-state index in [1.54, 1.807) is 0 Å². The van der Waals surface area contributed by atoms with Crippen molar-refractivity contribution in [2.45, 2.75) is 12.8 Å². The van der Waals surface area contributed by atoms with Crippen LogP contribution in [0.4, 0.5) is 0 Å². The highest BCUT2D eigenvalue weighted by atomic mass is 16.5. The van der Waals surface area contributed by atoms with E-state index >= 15 is 0 Å². The van der Waals surface area contributed by atoms with E-state index in [4.69, 9.17) is 9.47 Å². The second kappa shape index (κ2) is 7.22. The van der Waals surface area contributed by atoms with Gasteiger partial charge in [0.05, 0.1) is 26.4 Å². The third-order valence-corrected chi connectivity index (χ3v) is 3.41. The molecule has 2 heterocycles. The second-order valence-corrected chi connectivity index (χ2v) is 4.74. The molecule has 0 aromatic rings. The highest BCUT2D eigenvalue weighted by molar-refractivity contribution is 4.68. The Balaban J connectivity index is 1.47. The van der Waals surface area contributed by atoms with Crippen molar-refractivity contribution < 1.29 is 9.47 Å². The molecule has 0 amide bonds. The van der Waals surface area contributed by atoms with E-state index in [0.29, 0.717) is 0 Å². The molecule has 0 radical (unpaired) electrons. The van der Waals surface area contributed by atoms with Crippen LogP contribution in [0.3, 0.4) is 0 Å². The van der Waals surface area contributed by atoms with E-state index in [1.807, 2.05) is 0 Å². The lowest BCUT2D eigenvalue weighted by Crippen LogP contribution is -2.39. The van der Waals surface area contributed by atoms with E-state index in [0.717, 1.165) is 58.5 Å². The van der Waals surface area contributed by atoms with Crippen LogP contribution in [0.2, 0.25) is 0 Å². The molecule has 94 valence electrons. The predicted octanol–water partition coefficient (Wildman–Crippen LogP) is 0.335. The van der Waals surface area contributed by atoms with Gasteiger partial charge >= 0.3 is 0 Å². The quantitative estimate of drug-likeness (QED) is 0.688. The SMILES string of the molecule is C1CNCC(COCCN2CCOCC2)C1. The number of rotatable bonds is 5. The van der Waals surface area contributed by atoms with Crippen molar-refractivity contribution in [2.75, 3.05) is 59.2 Å². The molecule has 1 unspecified atom stereocenters. The molecule has 0 saturated carbocycles. The second-order valence-electron chi connectivity index (χ2n) is 4.74. The number of hydrogen-bond acceptors (Lipinski definition) is 4. The molecular weight excluding hydrogens is 204 g/mol. The van der Waals surface area contributed by atoms with Crippen molar-refractivity contribution in [1.29, 1.82) is 0 Å². The smallest absolute Gasteiger partial charge is 0.0594 e. The Kier molecular flexibility index (Phi) is 5.55. The van der Waals surface area contributed by atoms with Crippen molar-refractivity contribution >= 4 is 0 Å². The third kappa shape index (κ3) is 4.37. The van der Waals surface area contributed by atoms with Gasteiger partial charge in [-0.2, -0.15) is 0 Å². The first-order valence-electron chi connectivity index (χ1n) is 6.54. The average molecular weight is 228 g/mol. The van der Waals surface area contributed by atoms with Gasteiger partial charge in [0.1, 0.15) is 0 Å². The van der Waals surface area contributed by atoms with E-state index in [-0.39, 0.29) is 0 Å². The zero-order valence-corrected chi connectivity index (χ0v) is 10.1. The maximum atomic E-state index is 5.75. The first-order valence-corrected chi connectivity index (χ1v) is 6.54. The number of morpholine rings is 1. The van der Waals surface area contributed by atoms with Gasteiger partial charge in [0.25, 0.3) is 0 Å². The van der Waals surface area contributed by atoms with Gasteiger partial charge in [-0.15, -0.1) is 0 Å². The van der Waals surface area contributed by atoms with E-state index in [9.17, 15) is 0 Å². The Morgan fingerprint density at radius 3 is 2.94 bits per heavy atom. The Morgan fingerprint density at radius 2 is 2.19 bits per heavy atom. The van der Waals surface area contributed by atoms with Crippen LogP contribution in [0, 0.1) is 5.92 Å². The highest BCUT2D eigenvalue weighted by Gasteiger charge is 2.13. The van der Waals surface area contributed by atoms with E-state index in [1.165, 1.54) is 19.4 Å². The molecule has 0 spiro atoms. The normalized spacial score (nSPS) is 28.1. The highest BCUT2D eigenvalue weighted by Crippen LogP contribution is 2.09. The molecule has 0 bridgehead atoms. The summed E-state index contributed by atoms with van der Waals surface area (Å²) in [7, 11) is 0. The van der Waals surface area contributed by atoms with Gasteiger partial charge in [0.2, 0.25) is 0 Å². The molecule has 16 heavy (non-hydrogen) atoms. The summed E-state index contributed by atoms with van der Waals surface area (Å²) in [4.78, 5) is 2.42. The maximum absolute atomic E-state index is 5.75. The van der Waals surface area contributed by atoms with Gasteiger partial charge in [-0.3, -0.25) is 4.90 Å². The molecule has 2 aliphatic heterocycles.